The molecule has 0 radical (unpaired) electrons. The van der Waals surface area contributed by atoms with E-state index in [9.17, 15) is 18.8 Å². The highest BCUT2D eigenvalue weighted by atomic mass is 35.5. The fraction of sp³-hybridized carbons (Fsp3) is 0.111. The Kier molecular flexibility index (Phi) is 6.23. The Bertz CT molecular complexity index is 1040. The third-order valence-electron chi connectivity index (χ3n) is 3.53. The molecule has 10 heteroatoms. The molecular weight excluding hydrogens is 410 g/mol. The minimum absolute atomic E-state index is 0.120. The van der Waals surface area contributed by atoms with Crippen molar-refractivity contribution in [2.45, 2.75) is 11.3 Å². The minimum Gasteiger partial charge on any atom is -0.411 e. The Labute approximate surface area is 167 Å². The average molecular weight is 421 g/mol. The van der Waals surface area contributed by atoms with E-state index >= 15 is 0 Å². The van der Waals surface area contributed by atoms with Gasteiger partial charge in [-0.3, -0.25) is 4.79 Å². The molecule has 28 heavy (non-hydrogen) atoms. The van der Waals surface area contributed by atoms with Crippen LogP contribution >= 0.6 is 23.4 Å². The van der Waals surface area contributed by atoms with Crippen LogP contribution < -0.4 is 5.32 Å². The van der Waals surface area contributed by atoms with Crippen molar-refractivity contribution in [1.82, 2.24) is 15.5 Å². The molecule has 0 aliphatic heterocycles. The van der Waals surface area contributed by atoms with E-state index in [-0.39, 0.29) is 22.4 Å². The number of carbonyl (C=O) groups excluding carboxylic acids is 1. The standard InChI is InChI=1S/C18H11ClF2N4O2S/c19-11-3-1-10(2-4-11)17-24-25-18(27-17)28-9-16(26)23-15(8-22)13-6-5-12(20)7-14(13)21/h1-7,15H,9H2,(H,23,26). The van der Waals surface area contributed by atoms with E-state index in [4.69, 9.17) is 16.0 Å². The highest BCUT2D eigenvalue weighted by Crippen LogP contribution is 2.24. The molecule has 1 unspecified atom stereocenters. The maximum atomic E-state index is 13.8. The molecule has 0 aliphatic rings. The van der Waals surface area contributed by atoms with Crippen LogP contribution in [-0.4, -0.2) is 21.9 Å². The first-order valence-electron chi connectivity index (χ1n) is 7.82. The van der Waals surface area contributed by atoms with E-state index in [0.29, 0.717) is 16.7 Å². The molecule has 1 N–H and O–H groups in total. The Morgan fingerprint density at radius 1 is 1.25 bits per heavy atom. The second-order valence-electron chi connectivity index (χ2n) is 5.46. The second-order valence-corrected chi connectivity index (χ2v) is 6.83. The van der Waals surface area contributed by atoms with Gasteiger partial charge >= 0.3 is 0 Å². The van der Waals surface area contributed by atoms with Crippen molar-refractivity contribution in [2.24, 2.45) is 0 Å². The van der Waals surface area contributed by atoms with Crippen molar-refractivity contribution in [2.75, 3.05) is 5.75 Å². The first-order valence-corrected chi connectivity index (χ1v) is 9.19. The molecule has 1 atom stereocenters. The predicted octanol–water partition coefficient (Wildman–Crippen LogP) is 4.14. The minimum atomic E-state index is -1.25. The van der Waals surface area contributed by atoms with Gasteiger partial charge in [0.1, 0.15) is 17.7 Å². The van der Waals surface area contributed by atoms with Crippen molar-refractivity contribution in [3.63, 3.8) is 0 Å². The number of hydrogen-bond donors (Lipinski definition) is 1. The fourth-order valence-corrected chi connectivity index (χ4v) is 2.92. The summed E-state index contributed by atoms with van der Waals surface area (Å²) in [5, 5.41) is 20.0. The Balaban J connectivity index is 1.59. The van der Waals surface area contributed by atoms with Crippen LogP contribution in [0.1, 0.15) is 11.6 Å². The Morgan fingerprint density at radius 3 is 2.68 bits per heavy atom. The number of nitrogens with one attached hydrogen (secondary N) is 1. The molecule has 0 saturated heterocycles. The van der Waals surface area contributed by atoms with Crippen LogP contribution in [0.4, 0.5) is 8.78 Å². The van der Waals surface area contributed by atoms with E-state index in [2.05, 4.69) is 15.5 Å². The van der Waals surface area contributed by atoms with Crippen molar-refractivity contribution in [3.05, 3.63) is 64.7 Å². The van der Waals surface area contributed by atoms with Crippen LogP contribution in [0.15, 0.2) is 52.1 Å². The van der Waals surface area contributed by atoms with Crippen LogP contribution in [-0.2, 0) is 4.79 Å². The van der Waals surface area contributed by atoms with Crippen LogP contribution in [0.2, 0.25) is 5.02 Å². The molecule has 1 heterocycles. The van der Waals surface area contributed by atoms with Crippen molar-refractivity contribution < 1.29 is 18.0 Å². The molecule has 0 saturated carbocycles. The van der Waals surface area contributed by atoms with Gasteiger partial charge in [0, 0.05) is 22.2 Å². The summed E-state index contributed by atoms with van der Waals surface area (Å²) in [7, 11) is 0. The number of halogens is 3. The van der Waals surface area contributed by atoms with Gasteiger partial charge < -0.3 is 9.73 Å². The van der Waals surface area contributed by atoms with Gasteiger partial charge in [-0.25, -0.2) is 8.78 Å². The van der Waals surface area contributed by atoms with Gasteiger partial charge in [0.15, 0.2) is 0 Å². The van der Waals surface area contributed by atoms with E-state index in [1.54, 1.807) is 30.3 Å². The molecule has 1 amide bonds. The third-order valence-corrected chi connectivity index (χ3v) is 4.60. The van der Waals surface area contributed by atoms with E-state index in [0.717, 1.165) is 23.9 Å². The number of hydrogen-bond acceptors (Lipinski definition) is 6. The van der Waals surface area contributed by atoms with Crippen molar-refractivity contribution in [3.8, 4) is 17.5 Å². The molecule has 1 aromatic heterocycles. The summed E-state index contributed by atoms with van der Waals surface area (Å²) in [6.45, 7) is 0. The second kappa shape index (κ2) is 8.82. The van der Waals surface area contributed by atoms with Crippen molar-refractivity contribution in [1.29, 1.82) is 5.26 Å². The number of amides is 1. The summed E-state index contributed by atoms with van der Waals surface area (Å²) in [5.41, 5.74) is 0.551. The van der Waals surface area contributed by atoms with Gasteiger partial charge in [-0.05, 0) is 30.3 Å². The summed E-state index contributed by atoms with van der Waals surface area (Å²) < 4.78 is 32.2. The zero-order valence-electron chi connectivity index (χ0n) is 14.0. The lowest BCUT2D eigenvalue weighted by molar-refractivity contribution is -0.119. The first kappa shape index (κ1) is 19.8. The zero-order valence-corrected chi connectivity index (χ0v) is 15.6. The summed E-state index contributed by atoms with van der Waals surface area (Å²) in [6.07, 6.45) is 0. The molecule has 3 aromatic rings. The van der Waals surface area contributed by atoms with Crippen LogP contribution in [0, 0.1) is 23.0 Å². The van der Waals surface area contributed by atoms with E-state index < -0.39 is 23.6 Å². The number of thioether (sulfide) groups is 1. The lowest BCUT2D eigenvalue weighted by Crippen LogP contribution is -2.29. The summed E-state index contributed by atoms with van der Waals surface area (Å²) >= 11 is 6.78. The van der Waals surface area contributed by atoms with Gasteiger partial charge in [0.05, 0.1) is 11.8 Å². The van der Waals surface area contributed by atoms with Gasteiger partial charge in [-0.15, -0.1) is 10.2 Å². The van der Waals surface area contributed by atoms with E-state index in [1.165, 1.54) is 0 Å². The number of rotatable bonds is 6. The third kappa shape index (κ3) is 4.85. The summed E-state index contributed by atoms with van der Waals surface area (Å²) in [4.78, 5) is 12.1. The summed E-state index contributed by atoms with van der Waals surface area (Å²) in [6, 6.07) is 10.1. The monoisotopic (exact) mass is 420 g/mol. The van der Waals surface area contributed by atoms with E-state index in [1.807, 2.05) is 0 Å². The van der Waals surface area contributed by atoms with Crippen LogP contribution in [0.5, 0.6) is 0 Å². The quantitative estimate of drug-likeness (QED) is 0.602. The van der Waals surface area contributed by atoms with Crippen molar-refractivity contribution >= 4 is 29.3 Å². The first-order chi connectivity index (χ1) is 13.5. The average Bonchev–Trinajstić information content (AvgIpc) is 3.14. The molecule has 2 aromatic carbocycles. The number of nitriles is 1. The molecule has 142 valence electrons. The van der Waals surface area contributed by atoms with Crippen LogP contribution in [0.25, 0.3) is 11.5 Å². The number of aromatic nitrogens is 2. The molecule has 0 aliphatic carbocycles. The lowest BCUT2D eigenvalue weighted by atomic mass is 10.1. The lowest BCUT2D eigenvalue weighted by Gasteiger charge is -2.12. The van der Waals surface area contributed by atoms with Gasteiger partial charge in [0.2, 0.25) is 11.8 Å². The largest absolute Gasteiger partial charge is 0.411 e. The topological polar surface area (TPSA) is 91.8 Å². The smallest absolute Gasteiger partial charge is 0.277 e. The fourth-order valence-electron chi connectivity index (χ4n) is 2.22. The predicted molar refractivity (Wildman–Crippen MR) is 98.3 cm³/mol. The molecule has 6 nitrogen and oxygen atoms in total. The maximum Gasteiger partial charge on any atom is 0.277 e. The van der Waals surface area contributed by atoms with Gasteiger partial charge in [-0.2, -0.15) is 5.26 Å². The van der Waals surface area contributed by atoms with Gasteiger partial charge in [0.25, 0.3) is 5.22 Å². The number of benzene rings is 2. The summed E-state index contributed by atoms with van der Waals surface area (Å²) in [5.74, 6) is -2.10. The number of carbonyl (C=O) groups is 1. The normalized spacial score (nSPS) is 11.6. The molecule has 0 spiro atoms. The molecular formula is C18H11ClF2N4O2S. The maximum absolute atomic E-state index is 13.8. The Morgan fingerprint density at radius 2 is 2.00 bits per heavy atom. The van der Waals surface area contributed by atoms with Crippen LogP contribution in [0.3, 0.4) is 0 Å². The number of nitrogens with zero attached hydrogens (tertiary/aromatic N) is 3. The zero-order chi connectivity index (χ0) is 20.1. The highest BCUT2D eigenvalue weighted by molar-refractivity contribution is 7.99. The molecule has 0 fully saturated rings. The molecule has 0 bridgehead atoms. The molecule has 3 rings (SSSR count). The SMILES string of the molecule is N#CC(NC(=O)CSc1nnc(-c2ccc(Cl)cc2)o1)c1ccc(F)cc1F. The highest BCUT2D eigenvalue weighted by Gasteiger charge is 2.19. The van der Waals surface area contributed by atoms with Gasteiger partial charge in [-0.1, -0.05) is 29.4 Å². The Hall–Kier alpha value is -2.96.